The molecule has 0 aromatic heterocycles. The highest BCUT2D eigenvalue weighted by molar-refractivity contribution is 7.91. The fourth-order valence-electron chi connectivity index (χ4n) is 2.16. The summed E-state index contributed by atoms with van der Waals surface area (Å²) in [6, 6.07) is 0. The zero-order valence-electron chi connectivity index (χ0n) is 10.2. The third-order valence-corrected chi connectivity index (χ3v) is 4.92. The summed E-state index contributed by atoms with van der Waals surface area (Å²) in [6.45, 7) is 4.29. The van der Waals surface area contributed by atoms with E-state index >= 15 is 0 Å². The Morgan fingerprint density at radius 1 is 1.38 bits per heavy atom. The number of carbonyl (C=O) groups is 1. The quantitative estimate of drug-likeness (QED) is 0.722. The Bertz CT molecular complexity index is 330. The van der Waals surface area contributed by atoms with Gasteiger partial charge in [-0.2, -0.15) is 0 Å². The van der Waals surface area contributed by atoms with E-state index in [4.69, 9.17) is 0 Å². The molecule has 0 saturated carbocycles. The van der Waals surface area contributed by atoms with Gasteiger partial charge in [-0.25, -0.2) is 8.42 Å². The first-order chi connectivity index (χ1) is 7.39. The van der Waals surface area contributed by atoms with Gasteiger partial charge in [-0.1, -0.05) is 20.3 Å². The molecule has 1 heterocycles. The monoisotopic (exact) mass is 246 g/mol. The van der Waals surface area contributed by atoms with Crippen molar-refractivity contribution >= 4 is 15.6 Å². The van der Waals surface area contributed by atoms with Crippen LogP contribution < -0.4 is 0 Å². The lowest BCUT2D eigenvalue weighted by Crippen LogP contribution is -2.10. The molecule has 0 aromatic rings. The standard InChI is InChI=1S/C12H22O3S/c1-10(2)4-3-5-12(13)8-11-6-7-16(14,15)9-11/h10-11H,3-9H2,1-2H3. The summed E-state index contributed by atoms with van der Waals surface area (Å²) < 4.78 is 22.4. The van der Waals surface area contributed by atoms with E-state index in [1.165, 1.54) is 0 Å². The molecule has 0 aliphatic carbocycles. The van der Waals surface area contributed by atoms with Gasteiger partial charge in [0.25, 0.3) is 0 Å². The smallest absolute Gasteiger partial charge is 0.150 e. The predicted molar refractivity (Wildman–Crippen MR) is 65.1 cm³/mol. The second-order valence-electron chi connectivity index (χ2n) is 5.30. The minimum atomic E-state index is -2.83. The van der Waals surface area contributed by atoms with E-state index in [1.54, 1.807) is 0 Å². The van der Waals surface area contributed by atoms with Crippen LogP contribution in [0.25, 0.3) is 0 Å². The predicted octanol–water partition coefficient (Wildman–Crippen LogP) is 2.21. The zero-order chi connectivity index (χ0) is 12.2. The Morgan fingerprint density at radius 2 is 2.06 bits per heavy atom. The van der Waals surface area contributed by atoms with Crippen LogP contribution >= 0.6 is 0 Å². The van der Waals surface area contributed by atoms with E-state index in [0.717, 1.165) is 12.8 Å². The van der Waals surface area contributed by atoms with Crippen molar-refractivity contribution in [1.29, 1.82) is 0 Å². The van der Waals surface area contributed by atoms with Crippen molar-refractivity contribution in [1.82, 2.24) is 0 Å². The van der Waals surface area contributed by atoms with Crippen molar-refractivity contribution in [2.45, 2.75) is 46.0 Å². The number of hydrogen-bond acceptors (Lipinski definition) is 3. The highest BCUT2D eigenvalue weighted by Gasteiger charge is 2.28. The first-order valence-electron chi connectivity index (χ1n) is 6.11. The topological polar surface area (TPSA) is 51.2 Å². The van der Waals surface area contributed by atoms with Crippen LogP contribution in [-0.4, -0.2) is 25.7 Å². The number of ketones is 1. The van der Waals surface area contributed by atoms with Gasteiger partial charge >= 0.3 is 0 Å². The molecule has 0 N–H and O–H groups in total. The average molecular weight is 246 g/mol. The van der Waals surface area contributed by atoms with E-state index in [9.17, 15) is 13.2 Å². The van der Waals surface area contributed by atoms with Gasteiger partial charge in [0.15, 0.2) is 9.84 Å². The highest BCUT2D eigenvalue weighted by atomic mass is 32.2. The maximum absolute atomic E-state index is 11.6. The Balaban J connectivity index is 2.20. The van der Waals surface area contributed by atoms with Gasteiger partial charge in [0.05, 0.1) is 11.5 Å². The van der Waals surface area contributed by atoms with Gasteiger partial charge in [0.2, 0.25) is 0 Å². The van der Waals surface area contributed by atoms with Crippen molar-refractivity contribution in [3.8, 4) is 0 Å². The molecule has 1 aliphatic heterocycles. The fraction of sp³-hybridized carbons (Fsp3) is 0.917. The average Bonchev–Trinajstić information content (AvgIpc) is 2.44. The molecule has 0 bridgehead atoms. The number of carbonyl (C=O) groups excluding carboxylic acids is 1. The van der Waals surface area contributed by atoms with Crippen LogP contribution in [0.15, 0.2) is 0 Å². The number of sulfone groups is 1. The minimum Gasteiger partial charge on any atom is -0.300 e. The van der Waals surface area contributed by atoms with Crippen molar-refractivity contribution in [3.63, 3.8) is 0 Å². The van der Waals surface area contributed by atoms with Crippen molar-refractivity contribution in [3.05, 3.63) is 0 Å². The molecule has 0 amide bonds. The number of rotatable bonds is 6. The molecule has 16 heavy (non-hydrogen) atoms. The van der Waals surface area contributed by atoms with Crippen LogP contribution in [0, 0.1) is 11.8 Å². The SMILES string of the molecule is CC(C)CCCC(=O)CC1CCS(=O)(=O)C1. The van der Waals surface area contributed by atoms with E-state index in [0.29, 0.717) is 25.2 Å². The molecule has 4 heteroatoms. The number of Topliss-reactive ketones (excluding diaryl/α,β-unsaturated/α-hetero) is 1. The Hall–Kier alpha value is -0.380. The molecule has 1 unspecified atom stereocenters. The van der Waals surface area contributed by atoms with Crippen LogP contribution in [0.4, 0.5) is 0 Å². The zero-order valence-corrected chi connectivity index (χ0v) is 11.1. The van der Waals surface area contributed by atoms with Gasteiger partial charge in [0.1, 0.15) is 5.78 Å². The van der Waals surface area contributed by atoms with Gasteiger partial charge in [-0.15, -0.1) is 0 Å². The first kappa shape index (κ1) is 13.7. The first-order valence-corrected chi connectivity index (χ1v) is 7.93. The lowest BCUT2D eigenvalue weighted by molar-refractivity contribution is -0.119. The van der Waals surface area contributed by atoms with Crippen molar-refractivity contribution in [2.24, 2.45) is 11.8 Å². The third kappa shape index (κ3) is 5.10. The molecule has 0 spiro atoms. The molecular formula is C12H22O3S. The minimum absolute atomic E-state index is 0.0940. The molecular weight excluding hydrogens is 224 g/mol. The molecule has 1 atom stereocenters. The molecule has 1 saturated heterocycles. The maximum Gasteiger partial charge on any atom is 0.150 e. The van der Waals surface area contributed by atoms with E-state index in [-0.39, 0.29) is 23.2 Å². The van der Waals surface area contributed by atoms with E-state index < -0.39 is 9.84 Å². The molecule has 0 radical (unpaired) electrons. The van der Waals surface area contributed by atoms with Crippen LogP contribution in [-0.2, 0) is 14.6 Å². The van der Waals surface area contributed by atoms with Gasteiger partial charge in [-0.3, -0.25) is 4.79 Å². The summed E-state index contributed by atoms with van der Waals surface area (Å²) in [5, 5.41) is 0. The normalized spacial score (nSPS) is 23.8. The van der Waals surface area contributed by atoms with Crippen LogP contribution in [0.3, 0.4) is 0 Å². The summed E-state index contributed by atoms with van der Waals surface area (Å²) in [4.78, 5) is 11.6. The Kier molecular flexibility index (Phi) is 4.96. The van der Waals surface area contributed by atoms with Gasteiger partial charge in [0, 0.05) is 12.8 Å². The lowest BCUT2D eigenvalue weighted by Gasteiger charge is -2.07. The van der Waals surface area contributed by atoms with Gasteiger partial charge in [-0.05, 0) is 24.7 Å². The molecule has 1 aliphatic rings. The van der Waals surface area contributed by atoms with Crippen molar-refractivity contribution < 1.29 is 13.2 Å². The maximum atomic E-state index is 11.6. The van der Waals surface area contributed by atoms with Crippen molar-refractivity contribution in [2.75, 3.05) is 11.5 Å². The van der Waals surface area contributed by atoms with Gasteiger partial charge < -0.3 is 0 Å². The Morgan fingerprint density at radius 3 is 2.56 bits per heavy atom. The lowest BCUT2D eigenvalue weighted by atomic mass is 9.97. The molecule has 94 valence electrons. The Labute approximate surface area is 98.5 Å². The highest BCUT2D eigenvalue weighted by Crippen LogP contribution is 2.22. The second-order valence-corrected chi connectivity index (χ2v) is 7.53. The van der Waals surface area contributed by atoms with Crippen LogP contribution in [0.2, 0.25) is 0 Å². The molecule has 1 fully saturated rings. The largest absolute Gasteiger partial charge is 0.300 e. The second kappa shape index (κ2) is 5.80. The number of hydrogen-bond donors (Lipinski definition) is 0. The third-order valence-electron chi connectivity index (χ3n) is 3.08. The summed E-state index contributed by atoms with van der Waals surface area (Å²) >= 11 is 0. The summed E-state index contributed by atoms with van der Waals surface area (Å²) in [7, 11) is -2.83. The van der Waals surface area contributed by atoms with E-state index in [2.05, 4.69) is 13.8 Å². The molecule has 1 rings (SSSR count). The van der Waals surface area contributed by atoms with Crippen LogP contribution in [0.1, 0.15) is 46.0 Å². The molecule has 0 aromatic carbocycles. The van der Waals surface area contributed by atoms with Crippen LogP contribution in [0.5, 0.6) is 0 Å². The fourth-order valence-corrected chi connectivity index (χ4v) is 4.03. The summed E-state index contributed by atoms with van der Waals surface area (Å²) in [5.74, 6) is 1.47. The summed E-state index contributed by atoms with van der Waals surface area (Å²) in [5.41, 5.74) is 0. The molecule has 3 nitrogen and oxygen atoms in total. The van der Waals surface area contributed by atoms with E-state index in [1.807, 2.05) is 0 Å². The summed E-state index contributed by atoms with van der Waals surface area (Å²) in [6.07, 6.45) is 3.79.